The van der Waals surface area contributed by atoms with Crippen LogP contribution in [0.5, 0.6) is 0 Å². The van der Waals surface area contributed by atoms with Crippen LogP contribution in [0.2, 0.25) is 0 Å². The molecule has 1 aromatic carbocycles. The van der Waals surface area contributed by atoms with Gasteiger partial charge in [-0.05, 0) is 0 Å². The molecule has 0 aliphatic rings. The van der Waals surface area contributed by atoms with Gasteiger partial charge in [0.2, 0.25) is 0 Å². The summed E-state index contributed by atoms with van der Waals surface area (Å²) in [5.41, 5.74) is 0. The summed E-state index contributed by atoms with van der Waals surface area (Å²) in [5, 5.41) is 0. The Bertz CT molecular complexity index is 150. The second-order valence-electron chi connectivity index (χ2n) is 1.35. The van der Waals surface area contributed by atoms with Gasteiger partial charge in [0.25, 0.3) is 0 Å². The van der Waals surface area contributed by atoms with E-state index in [4.69, 9.17) is 0 Å². The van der Waals surface area contributed by atoms with Crippen LogP contribution in [0.4, 0.5) is 8.78 Å². The third kappa shape index (κ3) is 3.42. The van der Waals surface area contributed by atoms with Crippen LogP contribution in [0, 0.1) is 17.7 Å². The molecular formula is C6H3F2K. The van der Waals surface area contributed by atoms with E-state index in [1.165, 1.54) is 0 Å². The van der Waals surface area contributed by atoms with Crippen LogP contribution in [-0.2, 0) is 0 Å². The van der Waals surface area contributed by atoms with Crippen LogP contribution in [0.15, 0.2) is 18.2 Å². The standard InChI is InChI=1S/C6H3F2.K/c7-5-1-2-6(8)4-3-5;/h1-3H;/q-1;+1. The number of halogens is 2. The van der Waals surface area contributed by atoms with Crippen molar-refractivity contribution >= 4 is 0 Å². The number of benzene rings is 1. The second kappa shape index (κ2) is 4.52. The Morgan fingerprint density at radius 2 is 1.89 bits per heavy atom. The van der Waals surface area contributed by atoms with Gasteiger partial charge in [-0.1, -0.05) is 0 Å². The first-order valence-corrected chi connectivity index (χ1v) is 2.12. The van der Waals surface area contributed by atoms with Gasteiger partial charge in [0.15, 0.2) is 0 Å². The SMILES string of the molecule is Fc1[c-]cc(F)cc1.[K+]. The third-order valence-corrected chi connectivity index (χ3v) is 0.737. The molecule has 0 aliphatic carbocycles. The molecule has 0 aromatic heterocycles. The average molecular weight is 152 g/mol. The summed E-state index contributed by atoms with van der Waals surface area (Å²) in [7, 11) is 0. The Hall–Kier alpha value is 0.716. The molecule has 3 heteroatoms. The maximum absolute atomic E-state index is 11.9. The van der Waals surface area contributed by atoms with Gasteiger partial charge in [-0.3, -0.25) is 4.39 Å². The molecule has 9 heavy (non-hydrogen) atoms. The van der Waals surface area contributed by atoms with E-state index < -0.39 is 11.6 Å². The minimum Gasteiger partial charge on any atom is -0.284 e. The van der Waals surface area contributed by atoms with Crippen molar-refractivity contribution in [3.63, 3.8) is 0 Å². The van der Waals surface area contributed by atoms with E-state index in [0.29, 0.717) is 0 Å². The Morgan fingerprint density at radius 3 is 2.22 bits per heavy atom. The van der Waals surface area contributed by atoms with Crippen molar-refractivity contribution in [2.24, 2.45) is 0 Å². The predicted octanol–water partition coefficient (Wildman–Crippen LogP) is -1.23. The zero-order chi connectivity index (χ0) is 5.98. The van der Waals surface area contributed by atoms with Gasteiger partial charge in [0, 0.05) is 11.6 Å². The van der Waals surface area contributed by atoms with Gasteiger partial charge in [-0.15, -0.1) is 24.3 Å². The van der Waals surface area contributed by atoms with Crippen LogP contribution < -0.4 is 51.4 Å². The summed E-state index contributed by atoms with van der Waals surface area (Å²) < 4.78 is 23.8. The van der Waals surface area contributed by atoms with E-state index in [-0.39, 0.29) is 51.4 Å². The smallest absolute Gasteiger partial charge is 0.284 e. The van der Waals surface area contributed by atoms with Gasteiger partial charge in [0.1, 0.15) is 0 Å². The minimum atomic E-state index is -0.536. The molecule has 0 spiro atoms. The van der Waals surface area contributed by atoms with Crippen LogP contribution in [0.25, 0.3) is 0 Å². The van der Waals surface area contributed by atoms with Crippen LogP contribution in [0.1, 0.15) is 0 Å². The van der Waals surface area contributed by atoms with Crippen molar-refractivity contribution < 1.29 is 60.2 Å². The van der Waals surface area contributed by atoms with E-state index in [1.54, 1.807) is 0 Å². The summed E-state index contributed by atoms with van der Waals surface area (Å²) in [6, 6.07) is 5.08. The molecule has 0 radical (unpaired) electrons. The molecular weight excluding hydrogens is 149 g/mol. The molecule has 1 rings (SSSR count). The number of rotatable bonds is 0. The largest absolute Gasteiger partial charge is 1.00 e. The summed E-state index contributed by atoms with van der Waals surface area (Å²) in [5.74, 6) is -1.00. The zero-order valence-electron chi connectivity index (χ0n) is 4.99. The molecule has 42 valence electrons. The van der Waals surface area contributed by atoms with Gasteiger partial charge in [-0.2, -0.15) is 0 Å². The maximum atomic E-state index is 11.9. The quantitative estimate of drug-likeness (QED) is 0.322. The summed E-state index contributed by atoms with van der Waals surface area (Å²) in [6.45, 7) is 0. The molecule has 0 N–H and O–H groups in total. The maximum Gasteiger partial charge on any atom is 1.00 e. The van der Waals surface area contributed by atoms with E-state index in [9.17, 15) is 8.78 Å². The predicted molar refractivity (Wildman–Crippen MR) is 25.2 cm³/mol. The molecule has 0 unspecified atom stereocenters. The molecule has 0 heterocycles. The van der Waals surface area contributed by atoms with Crippen molar-refractivity contribution in [2.75, 3.05) is 0 Å². The fraction of sp³-hybridized carbons (Fsp3) is 0. The molecule has 0 atom stereocenters. The van der Waals surface area contributed by atoms with E-state index in [1.807, 2.05) is 0 Å². The molecule has 0 fully saturated rings. The summed E-state index contributed by atoms with van der Waals surface area (Å²) in [4.78, 5) is 0. The fourth-order valence-electron chi connectivity index (χ4n) is 0.387. The molecule has 0 amide bonds. The summed E-state index contributed by atoms with van der Waals surface area (Å²) >= 11 is 0. The minimum absolute atomic E-state index is 0. The third-order valence-electron chi connectivity index (χ3n) is 0.737. The van der Waals surface area contributed by atoms with Crippen molar-refractivity contribution in [3.8, 4) is 0 Å². The average Bonchev–Trinajstić information content (AvgIpc) is 1.77. The monoisotopic (exact) mass is 152 g/mol. The zero-order valence-corrected chi connectivity index (χ0v) is 8.11. The Balaban J connectivity index is 0.000000640. The Labute approximate surface area is 94.7 Å². The normalized spacial score (nSPS) is 8.22. The van der Waals surface area contributed by atoms with Crippen LogP contribution in [0.3, 0.4) is 0 Å². The number of hydrogen-bond donors (Lipinski definition) is 0. The van der Waals surface area contributed by atoms with E-state index in [2.05, 4.69) is 6.07 Å². The van der Waals surface area contributed by atoms with Gasteiger partial charge < -0.3 is 0 Å². The van der Waals surface area contributed by atoms with Crippen molar-refractivity contribution in [3.05, 3.63) is 35.9 Å². The topological polar surface area (TPSA) is 0 Å². The van der Waals surface area contributed by atoms with Crippen molar-refractivity contribution in [2.45, 2.75) is 0 Å². The first kappa shape index (κ1) is 9.72. The number of hydrogen-bond acceptors (Lipinski definition) is 0. The molecule has 0 aliphatic heterocycles. The van der Waals surface area contributed by atoms with Gasteiger partial charge in [0.05, 0.1) is 0 Å². The molecule has 0 bridgehead atoms. The van der Waals surface area contributed by atoms with Crippen LogP contribution >= 0.6 is 0 Å². The molecule has 0 nitrogen and oxygen atoms in total. The first-order valence-electron chi connectivity index (χ1n) is 2.12. The van der Waals surface area contributed by atoms with Gasteiger partial charge >= 0.3 is 51.4 Å². The first-order chi connectivity index (χ1) is 3.79. The fourth-order valence-corrected chi connectivity index (χ4v) is 0.387. The second-order valence-corrected chi connectivity index (χ2v) is 1.35. The Kier molecular flexibility index (Phi) is 4.88. The van der Waals surface area contributed by atoms with Crippen molar-refractivity contribution in [1.82, 2.24) is 0 Å². The van der Waals surface area contributed by atoms with Gasteiger partial charge in [-0.25, -0.2) is 4.39 Å². The molecule has 0 saturated carbocycles. The van der Waals surface area contributed by atoms with Crippen LogP contribution in [-0.4, -0.2) is 0 Å². The van der Waals surface area contributed by atoms with E-state index >= 15 is 0 Å². The van der Waals surface area contributed by atoms with Crippen molar-refractivity contribution in [1.29, 1.82) is 0 Å². The van der Waals surface area contributed by atoms with E-state index in [0.717, 1.165) is 18.2 Å². The summed E-state index contributed by atoms with van der Waals surface area (Å²) in [6.07, 6.45) is 0. The molecule has 0 saturated heterocycles. The Morgan fingerprint density at radius 1 is 1.22 bits per heavy atom. The molecule has 1 aromatic rings.